The number of hydrogen-bond donors (Lipinski definition) is 1. The van der Waals surface area contributed by atoms with Crippen molar-refractivity contribution in [1.82, 2.24) is 0 Å². The van der Waals surface area contributed by atoms with Crippen LogP contribution in [-0.2, 0) is 21.4 Å². The van der Waals surface area contributed by atoms with Gasteiger partial charge in [0, 0.05) is 12.1 Å². The second-order valence-electron chi connectivity index (χ2n) is 5.56. The number of carbonyl (C=O) groups is 2. The van der Waals surface area contributed by atoms with Gasteiger partial charge in [-0.25, -0.2) is 0 Å². The summed E-state index contributed by atoms with van der Waals surface area (Å²) in [7, 11) is 0. The second kappa shape index (κ2) is 3.99. The maximum absolute atomic E-state index is 11.5. The Bertz CT molecular complexity index is 483. The van der Waals surface area contributed by atoms with Crippen molar-refractivity contribution in [2.45, 2.75) is 39.0 Å². The van der Waals surface area contributed by atoms with Crippen molar-refractivity contribution in [3.8, 4) is 0 Å². The van der Waals surface area contributed by atoms with Gasteiger partial charge in [-0.3, -0.25) is 9.59 Å². The molecule has 1 aliphatic rings. The Kier molecular flexibility index (Phi) is 2.77. The Morgan fingerprint density at radius 2 is 1.82 bits per heavy atom. The van der Waals surface area contributed by atoms with E-state index in [2.05, 4.69) is 26.1 Å². The van der Waals surface area contributed by atoms with Gasteiger partial charge in [-0.2, -0.15) is 0 Å². The fourth-order valence-electron chi connectivity index (χ4n) is 1.96. The summed E-state index contributed by atoms with van der Waals surface area (Å²) in [4.78, 5) is 23.0. The molecule has 0 bridgehead atoms. The standard InChI is InChI=1S/C14H17NO2/c1-14(2,3)10-5-4-9-6-11(16)8-13(17)15-12(9)7-10/h4-5,7H,6,8H2,1-3H3,(H,15,17). The zero-order valence-electron chi connectivity index (χ0n) is 10.5. The van der Waals surface area contributed by atoms with Gasteiger partial charge in [-0.1, -0.05) is 32.9 Å². The minimum Gasteiger partial charge on any atom is -0.325 e. The smallest absolute Gasteiger partial charge is 0.231 e. The third kappa shape index (κ3) is 2.54. The van der Waals surface area contributed by atoms with Gasteiger partial charge in [0.15, 0.2) is 0 Å². The Balaban J connectivity index is 2.45. The van der Waals surface area contributed by atoms with Gasteiger partial charge < -0.3 is 5.32 Å². The molecule has 0 aromatic heterocycles. The Hall–Kier alpha value is -1.64. The molecule has 1 N–H and O–H groups in total. The van der Waals surface area contributed by atoms with E-state index in [-0.39, 0.29) is 23.5 Å². The van der Waals surface area contributed by atoms with Crippen LogP contribution in [0.25, 0.3) is 0 Å². The summed E-state index contributed by atoms with van der Waals surface area (Å²) in [5.74, 6) is -0.232. The highest BCUT2D eigenvalue weighted by Gasteiger charge is 2.21. The van der Waals surface area contributed by atoms with Crippen molar-refractivity contribution >= 4 is 17.4 Å². The third-order valence-electron chi connectivity index (χ3n) is 3.00. The van der Waals surface area contributed by atoms with E-state index in [0.29, 0.717) is 6.42 Å². The summed E-state index contributed by atoms with van der Waals surface area (Å²) in [6, 6.07) is 5.95. The summed E-state index contributed by atoms with van der Waals surface area (Å²) in [5, 5.41) is 2.81. The van der Waals surface area contributed by atoms with E-state index in [1.165, 1.54) is 0 Å². The molecule has 0 fully saturated rings. The van der Waals surface area contributed by atoms with E-state index in [1.807, 2.05) is 18.2 Å². The van der Waals surface area contributed by atoms with E-state index in [4.69, 9.17) is 0 Å². The van der Waals surface area contributed by atoms with Crippen LogP contribution in [0.1, 0.15) is 38.3 Å². The first-order chi connectivity index (χ1) is 7.86. The highest BCUT2D eigenvalue weighted by atomic mass is 16.2. The minimum absolute atomic E-state index is 0.0144. The van der Waals surface area contributed by atoms with E-state index < -0.39 is 0 Å². The lowest BCUT2D eigenvalue weighted by Crippen LogP contribution is -2.14. The minimum atomic E-state index is -0.209. The monoisotopic (exact) mass is 231 g/mol. The number of Topliss-reactive ketones (excluding diaryl/α,β-unsaturated/α-hetero) is 1. The van der Waals surface area contributed by atoms with Gasteiger partial charge in [0.05, 0.1) is 6.42 Å². The topological polar surface area (TPSA) is 46.2 Å². The summed E-state index contributed by atoms with van der Waals surface area (Å²) < 4.78 is 0. The summed E-state index contributed by atoms with van der Waals surface area (Å²) in [6.07, 6.45) is 0.331. The average Bonchev–Trinajstić information content (AvgIpc) is 2.31. The van der Waals surface area contributed by atoms with Crippen LogP contribution in [0.5, 0.6) is 0 Å². The van der Waals surface area contributed by atoms with E-state index >= 15 is 0 Å². The largest absolute Gasteiger partial charge is 0.325 e. The number of hydrogen-bond acceptors (Lipinski definition) is 2. The zero-order chi connectivity index (χ0) is 12.6. The first-order valence-corrected chi connectivity index (χ1v) is 5.81. The third-order valence-corrected chi connectivity index (χ3v) is 3.00. The number of ketones is 1. The highest BCUT2D eigenvalue weighted by molar-refractivity contribution is 6.07. The quantitative estimate of drug-likeness (QED) is 0.697. The summed E-state index contributed by atoms with van der Waals surface area (Å²) in [5.41, 5.74) is 2.89. The van der Waals surface area contributed by atoms with Crippen molar-refractivity contribution in [2.75, 3.05) is 5.32 Å². The van der Waals surface area contributed by atoms with E-state index in [0.717, 1.165) is 16.8 Å². The van der Waals surface area contributed by atoms with Crippen molar-refractivity contribution in [2.24, 2.45) is 0 Å². The van der Waals surface area contributed by atoms with Crippen LogP contribution in [0.3, 0.4) is 0 Å². The molecule has 0 saturated carbocycles. The van der Waals surface area contributed by atoms with Crippen LogP contribution in [-0.4, -0.2) is 11.7 Å². The molecule has 3 heteroatoms. The number of anilines is 1. The van der Waals surface area contributed by atoms with Crippen LogP contribution in [0, 0.1) is 0 Å². The Labute approximate surface area is 101 Å². The molecule has 3 nitrogen and oxygen atoms in total. The van der Waals surface area contributed by atoms with Crippen LogP contribution in [0.4, 0.5) is 5.69 Å². The van der Waals surface area contributed by atoms with Gasteiger partial charge >= 0.3 is 0 Å². The number of benzene rings is 1. The molecule has 0 unspecified atom stereocenters. The molecule has 1 aliphatic heterocycles. The second-order valence-corrected chi connectivity index (χ2v) is 5.56. The molecular weight excluding hydrogens is 214 g/mol. The van der Waals surface area contributed by atoms with Crippen LogP contribution in [0.15, 0.2) is 18.2 Å². The molecule has 0 spiro atoms. The number of fused-ring (bicyclic) bond motifs is 1. The van der Waals surface area contributed by atoms with Crippen LogP contribution < -0.4 is 5.32 Å². The Morgan fingerprint density at radius 3 is 2.47 bits per heavy atom. The fourth-order valence-corrected chi connectivity index (χ4v) is 1.96. The molecule has 0 atom stereocenters. The number of nitrogens with one attached hydrogen (secondary N) is 1. The van der Waals surface area contributed by atoms with Gasteiger partial charge in [0.1, 0.15) is 5.78 Å². The van der Waals surface area contributed by atoms with Crippen molar-refractivity contribution < 1.29 is 9.59 Å². The first kappa shape index (κ1) is 11.8. The molecule has 1 heterocycles. The first-order valence-electron chi connectivity index (χ1n) is 5.81. The molecule has 1 aromatic carbocycles. The zero-order valence-corrected chi connectivity index (χ0v) is 10.5. The van der Waals surface area contributed by atoms with E-state index in [9.17, 15) is 9.59 Å². The SMILES string of the molecule is CC(C)(C)c1ccc2c(c1)NC(=O)CC(=O)C2. The van der Waals surface area contributed by atoms with Crippen molar-refractivity contribution in [3.63, 3.8) is 0 Å². The molecule has 0 radical (unpaired) electrons. The van der Waals surface area contributed by atoms with Crippen LogP contribution in [0.2, 0.25) is 0 Å². The lowest BCUT2D eigenvalue weighted by Gasteiger charge is -2.20. The van der Waals surface area contributed by atoms with Crippen molar-refractivity contribution in [3.05, 3.63) is 29.3 Å². The predicted molar refractivity (Wildman–Crippen MR) is 67.1 cm³/mol. The average molecular weight is 231 g/mol. The van der Waals surface area contributed by atoms with Gasteiger partial charge in [-0.05, 0) is 22.6 Å². The molecule has 1 aromatic rings. The van der Waals surface area contributed by atoms with E-state index in [1.54, 1.807) is 0 Å². The number of carbonyl (C=O) groups excluding carboxylic acids is 2. The lowest BCUT2D eigenvalue weighted by molar-refractivity contribution is -0.124. The maximum Gasteiger partial charge on any atom is 0.231 e. The molecule has 90 valence electrons. The van der Waals surface area contributed by atoms with Gasteiger partial charge in [0.2, 0.25) is 5.91 Å². The molecular formula is C14H17NO2. The molecule has 17 heavy (non-hydrogen) atoms. The number of rotatable bonds is 0. The lowest BCUT2D eigenvalue weighted by atomic mass is 9.86. The summed E-state index contributed by atoms with van der Waals surface area (Å²) >= 11 is 0. The highest BCUT2D eigenvalue weighted by Crippen LogP contribution is 2.28. The fraction of sp³-hybridized carbons (Fsp3) is 0.429. The van der Waals surface area contributed by atoms with Gasteiger partial charge in [-0.15, -0.1) is 0 Å². The van der Waals surface area contributed by atoms with Crippen molar-refractivity contribution in [1.29, 1.82) is 0 Å². The maximum atomic E-state index is 11.5. The molecule has 2 rings (SSSR count). The molecule has 0 aliphatic carbocycles. The molecule has 1 amide bonds. The number of amides is 1. The molecule has 0 saturated heterocycles. The Morgan fingerprint density at radius 1 is 1.12 bits per heavy atom. The predicted octanol–water partition coefficient (Wildman–Crippen LogP) is 2.44. The normalized spacial score (nSPS) is 16.2. The van der Waals surface area contributed by atoms with Gasteiger partial charge in [0.25, 0.3) is 0 Å². The van der Waals surface area contributed by atoms with Crippen LogP contribution >= 0.6 is 0 Å². The summed E-state index contributed by atoms with van der Waals surface area (Å²) in [6.45, 7) is 6.37.